The number of rotatable bonds is 8. The van der Waals surface area contributed by atoms with Crippen molar-refractivity contribution in [3.05, 3.63) is 83.7 Å². The zero-order chi connectivity index (χ0) is 23.3. The Morgan fingerprint density at radius 1 is 0.969 bits per heavy atom. The number of sulfonamides is 1. The van der Waals surface area contributed by atoms with E-state index in [-0.39, 0.29) is 6.54 Å². The minimum atomic E-state index is -3.62. The average molecular weight is 459 g/mol. The number of methoxy groups -OCH3 is 2. The molecule has 0 atom stereocenters. The van der Waals surface area contributed by atoms with Gasteiger partial charge in [-0.05, 0) is 54.1 Å². The second-order valence-electron chi connectivity index (χ2n) is 6.96. The Hall–Kier alpha value is -3.59. The first-order valence-electron chi connectivity index (χ1n) is 9.57. The number of anilines is 2. The summed E-state index contributed by atoms with van der Waals surface area (Å²) in [5.74, 6) is 0.231. The topological polar surface area (TPSA) is 84.9 Å². The third-order valence-corrected chi connectivity index (χ3v) is 5.85. The maximum absolute atomic E-state index is 13.2. The maximum Gasteiger partial charge on any atom is 0.255 e. The van der Waals surface area contributed by atoms with E-state index >= 15 is 0 Å². The van der Waals surface area contributed by atoms with E-state index in [0.29, 0.717) is 34.0 Å². The van der Waals surface area contributed by atoms with Crippen molar-refractivity contribution in [1.29, 1.82) is 0 Å². The number of nitrogens with one attached hydrogen (secondary N) is 1. The van der Waals surface area contributed by atoms with E-state index in [1.54, 1.807) is 30.3 Å². The number of benzene rings is 3. The summed E-state index contributed by atoms with van der Waals surface area (Å²) in [6, 6.07) is 16.8. The molecule has 7 nitrogen and oxygen atoms in total. The van der Waals surface area contributed by atoms with Crippen LogP contribution < -0.4 is 19.1 Å². The first-order chi connectivity index (χ1) is 15.2. The lowest BCUT2D eigenvalue weighted by Crippen LogP contribution is -2.29. The van der Waals surface area contributed by atoms with Gasteiger partial charge in [0.05, 0.1) is 38.4 Å². The Kier molecular flexibility index (Phi) is 6.99. The van der Waals surface area contributed by atoms with Crippen LogP contribution in [0, 0.1) is 5.82 Å². The minimum absolute atomic E-state index is 0.0334. The normalized spacial score (nSPS) is 11.0. The Balaban J connectivity index is 1.82. The lowest BCUT2D eigenvalue weighted by Gasteiger charge is -2.23. The van der Waals surface area contributed by atoms with E-state index < -0.39 is 21.7 Å². The summed E-state index contributed by atoms with van der Waals surface area (Å²) in [5.41, 5.74) is 1.78. The van der Waals surface area contributed by atoms with Gasteiger partial charge in [0.25, 0.3) is 5.91 Å². The van der Waals surface area contributed by atoms with E-state index in [9.17, 15) is 17.6 Å². The molecule has 0 saturated heterocycles. The molecule has 9 heteroatoms. The van der Waals surface area contributed by atoms with Crippen molar-refractivity contribution in [2.24, 2.45) is 0 Å². The molecule has 0 heterocycles. The van der Waals surface area contributed by atoms with Crippen LogP contribution in [0.4, 0.5) is 15.8 Å². The lowest BCUT2D eigenvalue weighted by atomic mass is 10.1. The van der Waals surface area contributed by atoms with Crippen LogP contribution in [0.25, 0.3) is 0 Å². The molecule has 3 aromatic rings. The summed E-state index contributed by atoms with van der Waals surface area (Å²) in [4.78, 5) is 12.7. The Morgan fingerprint density at radius 2 is 1.62 bits per heavy atom. The second kappa shape index (κ2) is 9.69. The van der Waals surface area contributed by atoms with E-state index in [0.717, 1.165) is 6.26 Å². The van der Waals surface area contributed by atoms with Crippen LogP contribution >= 0.6 is 0 Å². The van der Waals surface area contributed by atoms with Gasteiger partial charge in [-0.3, -0.25) is 9.10 Å². The van der Waals surface area contributed by atoms with Gasteiger partial charge in [0.2, 0.25) is 10.0 Å². The molecule has 3 aromatic carbocycles. The summed E-state index contributed by atoms with van der Waals surface area (Å²) >= 11 is 0. The highest BCUT2D eigenvalue weighted by molar-refractivity contribution is 7.92. The molecule has 0 aromatic heterocycles. The van der Waals surface area contributed by atoms with Gasteiger partial charge >= 0.3 is 0 Å². The fraction of sp³-hybridized carbons (Fsp3) is 0.174. The Labute approximate surface area is 186 Å². The fourth-order valence-corrected chi connectivity index (χ4v) is 3.93. The number of nitrogens with zero attached hydrogens (tertiary/aromatic N) is 1. The Morgan fingerprint density at radius 3 is 2.19 bits per heavy atom. The van der Waals surface area contributed by atoms with Gasteiger partial charge in [0, 0.05) is 11.6 Å². The molecule has 0 aliphatic rings. The number of amides is 1. The first-order valence-corrected chi connectivity index (χ1v) is 11.4. The Bertz CT molecular complexity index is 1200. The fourth-order valence-electron chi connectivity index (χ4n) is 3.04. The lowest BCUT2D eigenvalue weighted by molar-refractivity contribution is 0.102. The average Bonchev–Trinajstić information content (AvgIpc) is 2.78. The standard InChI is InChI=1S/C23H23FN2O5S/c1-30-20-12-13-22(31-2)21(14-20)25-23(27)17-6-10-19(11-7-17)26(32(3,28)29)15-16-4-8-18(24)9-5-16/h4-14H,15H2,1-3H3,(H,25,27). The summed E-state index contributed by atoms with van der Waals surface area (Å²) in [6.07, 6.45) is 1.09. The third kappa shape index (κ3) is 5.55. The number of hydrogen-bond acceptors (Lipinski definition) is 5. The molecular formula is C23H23FN2O5S. The maximum atomic E-state index is 13.2. The third-order valence-electron chi connectivity index (χ3n) is 4.71. The SMILES string of the molecule is COc1ccc(OC)c(NC(=O)c2ccc(N(Cc3ccc(F)cc3)S(C)(=O)=O)cc2)c1. The highest BCUT2D eigenvalue weighted by atomic mass is 32.2. The van der Waals surface area contributed by atoms with Gasteiger partial charge in [-0.2, -0.15) is 0 Å². The van der Waals surface area contributed by atoms with Gasteiger partial charge in [-0.1, -0.05) is 12.1 Å². The van der Waals surface area contributed by atoms with Gasteiger partial charge in [0.15, 0.2) is 0 Å². The smallest absolute Gasteiger partial charge is 0.255 e. The molecule has 0 fully saturated rings. The van der Waals surface area contributed by atoms with Crippen LogP contribution in [-0.4, -0.2) is 34.8 Å². The van der Waals surface area contributed by atoms with Crippen LogP contribution in [0.3, 0.4) is 0 Å². The van der Waals surface area contributed by atoms with Crippen molar-refractivity contribution in [2.45, 2.75) is 6.54 Å². The predicted octanol–water partition coefficient (Wildman–Crippen LogP) is 4.06. The summed E-state index contributed by atoms with van der Waals surface area (Å²) in [6.45, 7) is 0.0334. The molecule has 0 unspecified atom stereocenters. The van der Waals surface area contributed by atoms with Crippen molar-refractivity contribution >= 4 is 27.3 Å². The van der Waals surface area contributed by atoms with Gasteiger partial charge in [0.1, 0.15) is 17.3 Å². The van der Waals surface area contributed by atoms with E-state index in [2.05, 4.69) is 5.32 Å². The zero-order valence-electron chi connectivity index (χ0n) is 17.8. The van der Waals surface area contributed by atoms with Crippen LogP contribution in [0.1, 0.15) is 15.9 Å². The highest BCUT2D eigenvalue weighted by Crippen LogP contribution is 2.29. The number of ether oxygens (including phenoxy) is 2. The number of carbonyl (C=O) groups excluding carboxylic acids is 1. The molecule has 3 rings (SSSR count). The highest BCUT2D eigenvalue weighted by Gasteiger charge is 2.19. The van der Waals surface area contributed by atoms with Crippen LogP contribution in [0.2, 0.25) is 0 Å². The molecular weight excluding hydrogens is 435 g/mol. The first kappa shape index (κ1) is 23.1. The van der Waals surface area contributed by atoms with E-state index in [1.807, 2.05) is 0 Å². The van der Waals surface area contributed by atoms with Crippen LogP contribution in [0.5, 0.6) is 11.5 Å². The molecule has 0 radical (unpaired) electrons. The molecule has 0 bridgehead atoms. The number of halogens is 1. The quantitative estimate of drug-likeness (QED) is 0.550. The number of hydrogen-bond donors (Lipinski definition) is 1. The largest absolute Gasteiger partial charge is 0.497 e. The minimum Gasteiger partial charge on any atom is -0.497 e. The van der Waals surface area contributed by atoms with Crippen molar-refractivity contribution in [3.8, 4) is 11.5 Å². The molecule has 168 valence electrons. The number of carbonyl (C=O) groups is 1. The van der Waals surface area contributed by atoms with Crippen molar-refractivity contribution in [2.75, 3.05) is 30.1 Å². The monoisotopic (exact) mass is 458 g/mol. The van der Waals surface area contributed by atoms with Crippen molar-refractivity contribution < 1.29 is 27.1 Å². The van der Waals surface area contributed by atoms with Gasteiger partial charge in [-0.15, -0.1) is 0 Å². The molecule has 0 aliphatic heterocycles. The summed E-state index contributed by atoms with van der Waals surface area (Å²) in [5, 5.41) is 2.77. The molecule has 1 amide bonds. The molecule has 0 saturated carbocycles. The van der Waals surface area contributed by atoms with E-state index in [1.165, 1.54) is 54.9 Å². The van der Waals surface area contributed by atoms with Crippen LogP contribution in [0.15, 0.2) is 66.7 Å². The molecule has 32 heavy (non-hydrogen) atoms. The van der Waals surface area contributed by atoms with Crippen molar-refractivity contribution in [3.63, 3.8) is 0 Å². The molecule has 0 aliphatic carbocycles. The zero-order valence-corrected chi connectivity index (χ0v) is 18.6. The van der Waals surface area contributed by atoms with Crippen LogP contribution in [-0.2, 0) is 16.6 Å². The summed E-state index contributed by atoms with van der Waals surface area (Å²) in [7, 11) is -0.603. The van der Waals surface area contributed by atoms with Crippen molar-refractivity contribution in [1.82, 2.24) is 0 Å². The summed E-state index contributed by atoms with van der Waals surface area (Å²) < 4.78 is 49.5. The molecule has 0 spiro atoms. The predicted molar refractivity (Wildman–Crippen MR) is 121 cm³/mol. The van der Waals surface area contributed by atoms with Gasteiger partial charge < -0.3 is 14.8 Å². The second-order valence-corrected chi connectivity index (χ2v) is 8.87. The molecule has 1 N–H and O–H groups in total. The van der Waals surface area contributed by atoms with E-state index in [4.69, 9.17) is 9.47 Å². The van der Waals surface area contributed by atoms with Gasteiger partial charge in [-0.25, -0.2) is 12.8 Å².